The Labute approximate surface area is 185 Å². The number of benzene rings is 3. The third-order valence-electron chi connectivity index (χ3n) is 4.45. The summed E-state index contributed by atoms with van der Waals surface area (Å²) in [5.74, 6) is 0.159. The van der Waals surface area contributed by atoms with Gasteiger partial charge in [0.05, 0.1) is 23.8 Å². The highest BCUT2D eigenvalue weighted by molar-refractivity contribution is 6.30. The van der Waals surface area contributed by atoms with Crippen LogP contribution >= 0.6 is 11.6 Å². The van der Waals surface area contributed by atoms with Crippen molar-refractivity contribution in [1.29, 1.82) is 5.26 Å². The summed E-state index contributed by atoms with van der Waals surface area (Å²) in [6, 6.07) is 21.2. The van der Waals surface area contributed by atoms with E-state index in [2.05, 4.69) is 6.07 Å². The molecule has 31 heavy (non-hydrogen) atoms. The van der Waals surface area contributed by atoms with Crippen molar-refractivity contribution < 1.29 is 19.4 Å². The number of halogens is 1. The number of hydrogen-bond acceptors (Lipinski definition) is 4. The number of nitriles is 1. The van der Waals surface area contributed by atoms with E-state index in [9.17, 15) is 10.1 Å². The molecule has 156 valence electrons. The molecule has 0 aliphatic rings. The molecule has 0 atom stereocenters. The van der Waals surface area contributed by atoms with Crippen molar-refractivity contribution in [2.75, 3.05) is 6.61 Å². The van der Waals surface area contributed by atoms with E-state index in [-0.39, 0.29) is 5.56 Å². The van der Waals surface area contributed by atoms with Gasteiger partial charge < -0.3 is 14.6 Å². The first-order valence-electron chi connectivity index (χ1n) is 9.59. The van der Waals surface area contributed by atoms with E-state index in [1.54, 1.807) is 24.3 Å². The largest absolute Gasteiger partial charge is 0.490 e. The first-order chi connectivity index (χ1) is 15.0. The second-order valence-electron chi connectivity index (χ2n) is 6.61. The fourth-order valence-corrected chi connectivity index (χ4v) is 3.01. The number of hydrogen-bond donors (Lipinski definition) is 1. The molecule has 0 saturated heterocycles. The summed E-state index contributed by atoms with van der Waals surface area (Å²) >= 11 is 5.92. The Kier molecular flexibility index (Phi) is 7.31. The molecule has 0 heterocycles. The van der Waals surface area contributed by atoms with Gasteiger partial charge in [-0.3, -0.25) is 0 Å². The van der Waals surface area contributed by atoms with Crippen LogP contribution in [0, 0.1) is 11.3 Å². The summed E-state index contributed by atoms with van der Waals surface area (Å²) < 4.78 is 11.6. The molecule has 5 nitrogen and oxygen atoms in total. The maximum atomic E-state index is 11.0. The Hall–Kier alpha value is -3.75. The number of carbonyl (C=O) groups is 1. The molecule has 0 aliphatic carbocycles. The maximum absolute atomic E-state index is 11.0. The van der Waals surface area contributed by atoms with Gasteiger partial charge in [-0.15, -0.1) is 0 Å². The monoisotopic (exact) mass is 433 g/mol. The zero-order chi connectivity index (χ0) is 22.2. The molecule has 0 fully saturated rings. The van der Waals surface area contributed by atoms with Crippen LogP contribution in [0.3, 0.4) is 0 Å². The fourth-order valence-electron chi connectivity index (χ4n) is 2.88. The third kappa shape index (κ3) is 5.88. The van der Waals surface area contributed by atoms with Crippen LogP contribution in [0.25, 0.3) is 11.6 Å². The van der Waals surface area contributed by atoms with E-state index < -0.39 is 5.97 Å². The molecule has 3 aromatic rings. The van der Waals surface area contributed by atoms with Gasteiger partial charge in [0.25, 0.3) is 0 Å². The van der Waals surface area contributed by atoms with Crippen LogP contribution in [0.5, 0.6) is 11.5 Å². The zero-order valence-corrected chi connectivity index (χ0v) is 17.6. The molecular formula is C25H20ClNO4. The van der Waals surface area contributed by atoms with Gasteiger partial charge in [0.15, 0.2) is 11.5 Å². The number of carboxylic acids is 1. The Morgan fingerprint density at radius 1 is 1.00 bits per heavy atom. The SMILES string of the molecule is CCOc1cc(/C=C(/C#N)c2ccc(C(=O)O)cc2)ccc1OCc1ccc(Cl)cc1. The molecule has 1 N–H and O–H groups in total. The summed E-state index contributed by atoms with van der Waals surface area (Å²) in [5.41, 5.74) is 2.96. The smallest absolute Gasteiger partial charge is 0.335 e. The average molecular weight is 434 g/mol. The molecule has 0 unspecified atom stereocenters. The number of ether oxygens (including phenoxy) is 2. The quantitative estimate of drug-likeness (QED) is 0.344. The Bertz CT molecular complexity index is 1130. The summed E-state index contributed by atoms with van der Waals surface area (Å²) in [5, 5.41) is 19.3. The average Bonchev–Trinajstić information content (AvgIpc) is 2.78. The van der Waals surface area contributed by atoms with Crippen molar-refractivity contribution in [3.05, 3.63) is 94.0 Å². The summed E-state index contributed by atoms with van der Waals surface area (Å²) in [6.07, 6.45) is 1.72. The number of allylic oxidation sites excluding steroid dienone is 1. The van der Waals surface area contributed by atoms with Gasteiger partial charge in [0.2, 0.25) is 0 Å². The Morgan fingerprint density at radius 2 is 1.68 bits per heavy atom. The van der Waals surface area contributed by atoms with Gasteiger partial charge in [0.1, 0.15) is 6.61 Å². The summed E-state index contributed by atoms with van der Waals surface area (Å²) in [7, 11) is 0. The first-order valence-corrected chi connectivity index (χ1v) is 9.97. The fraction of sp³-hybridized carbons (Fsp3) is 0.120. The number of nitrogens with zero attached hydrogens (tertiary/aromatic N) is 1. The summed E-state index contributed by atoms with van der Waals surface area (Å²) in [4.78, 5) is 11.0. The van der Waals surface area contributed by atoms with Gasteiger partial charge in [0, 0.05) is 5.02 Å². The third-order valence-corrected chi connectivity index (χ3v) is 4.70. The standard InChI is InChI=1S/C25H20ClNO4/c1-2-30-24-14-18(5-12-23(24)31-16-17-3-10-22(26)11-4-17)13-21(15-27)19-6-8-20(9-7-19)25(28)29/h3-14H,2,16H2,1H3,(H,28,29)/b21-13-. The van der Waals surface area contributed by atoms with Gasteiger partial charge in [-0.25, -0.2) is 4.79 Å². The molecule has 0 spiro atoms. The lowest BCUT2D eigenvalue weighted by molar-refractivity contribution is 0.0697. The number of rotatable bonds is 8. The topological polar surface area (TPSA) is 79.5 Å². The second kappa shape index (κ2) is 10.3. The number of carboxylic acid groups (broad SMARTS) is 1. The predicted molar refractivity (Wildman–Crippen MR) is 120 cm³/mol. The summed E-state index contributed by atoms with van der Waals surface area (Å²) in [6.45, 7) is 2.72. The van der Waals surface area contributed by atoms with Crippen molar-refractivity contribution in [2.24, 2.45) is 0 Å². The van der Waals surface area contributed by atoms with Crippen LogP contribution < -0.4 is 9.47 Å². The van der Waals surface area contributed by atoms with Crippen molar-refractivity contribution in [1.82, 2.24) is 0 Å². The first kappa shape index (κ1) is 21.9. The van der Waals surface area contributed by atoms with E-state index in [1.807, 2.05) is 43.3 Å². The van der Waals surface area contributed by atoms with Crippen LogP contribution in [0.1, 0.15) is 34.0 Å². The minimum Gasteiger partial charge on any atom is -0.490 e. The Balaban J connectivity index is 1.83. The van der Waals surface area contributed by atoms with Gasteiger partial charge in [-0.2, -0.15) is 5.26 Å². The Morgan fingerprint density at radius 3 is 2.29 bits per heavy atom. The highest BCUT2D eigenvalue weighted by atomic mass is 35.5. The highest BCUT2D eigenvalue weighted by Crippen LogP contribution is 2.31. The molecule has 0 amide bonds. The van der Waals surface area contributed by atoms with Crippen molar-refractivity contribution in [3.8, 4) is 17.6 Å². The minimum absolute atomic E-state index is 0.168. The zero-order valence-electron chi connectivity index (χ0n) is 16.8. The van der Waals surface area contributed by atoms with Crippen molar-refractivity contribution in [3.63, 3.8) is 0 Å². The second-order valence-corrected chi connectivity index (χ2v) is 7.04. The number of aromatic carboxylic acids is 1. The minimum atomic E-state index is -1.01. The molecule has 0 bridgehead atoms. The molecular weight excluding hydrogens is 414 g/mol. The van der Waals surface area contributed by atoms with Gasteiger partial charge in [-0.05, 0) is 66.1 Å². The van der Waals surface area contributed by atoms with Crippen LogP contribution in [0.4, 0.5) is 0 Å². The lowest BCUT2D eigenvalue weighted by atomic mass is 10.0. The highest BCUT2D eigenvalue weighted by Gasteiger charge is 2.09. The van der Waals surface area contributed by atoms with Crippen LogP contribution in [0.15, 0.2) is 66.7 Å². The van der Waals surface area contributed by atoms with Crippen molar-refractivity contribution in [2.45, 2.75) is 13.5 Å². The molecule has 3 aromatic carbocycles. The van der Waals surface area contributed by atoms with E-state index >= 15 is 0 Å². The van der Waals surface area contributed by atoms with E-state index in [0.29, 0.717) is 40.9 Å². The lowest BCUT2D eigenvalue weighted by Crippen LogP contribution is -2.00. The van der Waals surface area contributed by atoms with Crippen molar-refractivity contribution >= 4 is 29.2 Å². The van der Waals surface area contributed by atoms with E-state index in [0.717, 1.165) is 11.1 Å². The predicted octanol–water partition coefficient (Wildman–Crippen LogP) is 6.08. The molecule has 0 aliphatic heterocycles. The van der Waals surface area contributed by atoms with Crippen LogP contribution in [-0.2, 0) is 6.61 Å². The van der Waals surface area contributed by atoms with E-state index in [4.69, 9.17) is 26.2 Å². The lowest BCUT2D eigenvalue weighted by Gasteiger charge is -2.13. The van der Waals surface area contributed by atoms with Crippen LogP contribution in [-0.4, -0.2) is 17.7 Å². The van der Waals surface area contributed by atoms with Gasteiger partial charge in [-0.1, -0.05) is 41.9 Å². The van der Waals surface area contributed by atoms with Crippen LogP contribution in [0.2, 0.25) is 5.02 Å². The normalized spacial score (nSPS) is 10.9. The molecule has 3 rings (SSSR count). The molecule has 0 radical (unpaired) electrons. The molecule has 0 saturated carbocycles. The van der Waals surface area contributed by atoms with E-state index in [1.165, 1.54) is 12.1 Å². The molecule has 6 heteroatoms. The maximum Gasteiger partial charge on any atom is 0.335 e. The van der Waals surface area contributed by atoms with Gasteiger partial charge >= 0.3 is 5.97 Å². The molecule has 0 aromatic heterocycles.